The summed E-state index contributed by atoms with van der Waals surface area (Å²) in [7, 11) is 0. The fraction of sp³-hybridized carbons (Fsp3) is 0.538. The average Bonchev–Trinajstić information content (AvgIpc) is 2.86. The highest BCUT2D eigenvalue weighted by atomic mass is 35.5. The van der Waals surface area contributed by atoms with E-state index in [-0.39, 0.29) is 42.2 Å². The molecule has 2 aliphatic rings. The van der Waals surface area contributed by atoms with Gasteiger partial charge in [0.2, 0.25) is 5.91 Å². The predicted octanol–water partition coefficient (Wildman–Crippen LogP) is 0.364. The molecule has 2 heterocycles. The highest BCUT2D eigenvalue weighted by molar-refractivity contribution is 5.89. The predicted molar refractivity (Wildman–Crippen MR) is 153 cm³/mol. The van der Waals surface area contributed by atoms with Crippen molar-refractivity contribution in [3.63, 3.8) is 0 Å². The monoisotopic (exact) mass is 561 g/mol. The molecule has 2 aromatic rings. The first-order valence-corrected chi connectivity index (χ1v) is 13.1. The van der Waals surface area contributed by atoms with E-state index in [9.17, 15) is 14.4 Å². The first kappa shape index (κ1) is 30.5. The fourth-order valence-electron chi connectivity index (χ4n) is 4.99. The van der Waals surface area contributed by atoms with Gasteiger partial charge in [0.15, 0.2) is 0 Å². The minimum atomic E-state index is -0.951. The molecule has 12 nitrogen and oxygen atoms in total. The lowest BCUT2D eigenvalue weighted by Crippen LogP contribution is -2.58. The Morgan fingerprint density at radius 2 is 1.56 bits per heavy atom. The number of hydrogen-bond acceptors (Lipinski definition) is 8. The van der Waals surface area contributed by atoms with E-state index in [4.69, 9.17) is 17.2 Å². The van der Waals surface area contributed by atoms with E-state index in [1.54, 1.807) is 35.9 Å². The number of urea groups is 1. The van der Waals surface area contributed by atoms with Crippen LogP contribution in [0.3, 0.4) is 0 Å². The normalized spacial score (nSPS) is 21.7. The second-order valence-corrected chi connectivity index (χ2v) is 10.9. The van der Waals surface area contributed by atoms with Crippen molar-refractivity contribution in [2.75, 3.05) is 31.5 Å². The number of carbonyl (C=O) groups excluding carboxylic acids is 2. The van der Waals surface area contributed by atoms with Gasteiger partial charge in [-0.3, -0.25) is 14.7 Å². The molecule has 1 aromatic carbocycles. The van der Waals surface area contributed by atoms with Crippen molar-refractivity contribution in [1.29, 1.82) is 0 Å². The van der Waals surface area contributed by atoms with Crippen LogP contribution in [0.15, 0.2) is 41.3 Å². The van der Waals surface area contributed by atoms with Crippen LogP contribution in [0.4, 0.5) is 10.6 Å². The van der Waals surface area contributed by atoms with Gasteiger partial charge in [0.05, 0.1) is 11.2 Å². The lowest BCUT2D eigenvalue weighted by Gasteiger charge is -2.37. The third-order valence-electron chi connectivity index (χ3n) is 7.03. The maximum atomic E-state index is 12.7. The maximum absolute atomic E-state index is 12.7. The molecule has 2 fully saturated rings. The molecular formula is C26H40ClN9O3. The Morgan fingerprint density at radius 3 is 2.13 bits per heavy atom. The summed E-state index contributed by atoms with van der Waals surface area (Å²) in [5.74, 6) is 0.0217. The number of benzene rings is 1. The molecule has 2 atom stereocenters. The molecule has 0 bridgehead atoms. The van der Waals surface area contributed by atoms with E-state index < -0.39 is 11.2 Å². The van der Waals surface area contributed by atoms with Crippen molar-refractivity contribution >= 4 is 30.2 Å². The van der Waals surface area contributed by atoms with E-state index in [1.807, 2.05) is 24.3 Å². The van der Waals surface area contributed by atoms with Gasteiger partial charge in [0.25, 0.3) is 0 Å². The van der Waals surface area contributed by atoms with Crippen LogP contribution in [0.1, 0.15) is 38.7 Å². The molecule has 1 aliphatic carbocycles. The molecule has 1 saturated carbocycles. The second-order valence-electron chi connectivity index (χ2n) is 10.9. The zero-order chi connectivity index (χ0) is 27.4. The summed E-state index contributed by atoms with van der Waals surface area (Å²) < 4.78 is 1.42. The van der Waals surface area contributed by atoms with Crippen molar-refractivity contribution in [1.82, 2.24) is 24.7 Å². The van der Waals surface area contributed by atoms with E-state index in [1.165, 1.54) is 4.57 Å². The molecule has 0 radical (unpaired) electrons. The third-order valence-corrected chi connectivity index (χ3v) is 7.03. The Balaban J connectivity index is 0.00000420. The number of anilines is 1. The molecule has 3 amide bonds. The number of hydrogen-bond donors (Lipinski definition) is 5. The van der Waals surface area contributed by atoms with E-state index in [0.717, 1.165) is 24.8 Å². The van der Waals surface area contributed by atoms with Crippen molar-refractivity contribution in [2.24, 2.45) is 17.2 Å². The second kappa shape index (κ2) is 12.9. The maximum Gasteiger partial charge on any atom is 0.354 e. The largest absolute Gasteiger partial charge is 0.354 e. The van der Waals surface area contributed by atoms with Gasteiger partial charge in [-0.15, -0.1) is 12.4 Å². The molecule has 1 aliphatic heterocycles. The lowest BCUT2D eigenvalue weighted by molar-refractivity contribution is -0.137. The Morgan fingerprint density at radius 1 is 0.974 bits per heavy atom. The molecule has 1 saturated heterocycles. The smallest absolute Gasteiger partial charge is 0.338 e. The fourth-order valence-corrected chi connectivity index (χ4v) is 4.99. The number of amides is 3. The Labute approximate surface area is 234 Å². The summed E-state index contributed by atoms with van der Waals surface area (Å²) in [6, 6.07) is 9.43. The van der Waals surface area contributed by atoms with E-state index >= 15 is 0 Å². The topological polar surface area (TPSA) is 178 Å². The number of piperazine rings is 1. The Kier molecular flexibility index (Phi) is 10.1. The molecule has 13 heteroatoms. The highest BCUT2D eigenvalue weighted by Crippen LogP contribution is 2.17. The first-order valence-electron chi connectivity index (χ1n) is 13.1. The zero-order valence-corrected chi connectivity index (χ0v) is 23.3. The van der Waals surface area contributed by atoms with Crippen LogP contribution < -0.4 is 33.5 Å². The van der Waals surface area contributed by atoms with Crippen LogP contribution in [-0.4, -0.2) is 81.1 Å². The van der Waals surface area contributed by atoms with E-state index in [2.05, 4.69) is 15.6 Å². The summed E-state index contributed by atoms with van der Waals surface area (Å²) in [6.45, 7) is 5.55. The minimum absolute atomic E-state index is 0. The first-order chi connectivity index (χ1) is 18.0. The van der Waals surface area contributed by atoms with Gasteiger partial charge < -0.3 is 32.3 Å². The molecule has 4 rings (SSSR count). The van der Waals surface area contributed by atoms with Gasteiger partial charge in [-0.2, -0.15) is 4.98 Å². The molecule has 2 unspecified atom stereocenters. The van der Waals surface area contributed by atoms with Crippen LogP contribution in [0.25, 0.3) is 5.69 Å². The van der Waals surface area contributed by atoms with Crippen LogP contribution in [0.2, 0.25) is 0 Å². The van der Waals surface area contributed by atoms with Crippen LogP contribution >= 0.6 is 12.4 Å². The number of carbonyl (C=O) groups is 2. The number of nitrogens with one attached hydrogen (secondary N) is 2. The van der Waals surface area contributed by atoms with Crippen molar-refractivity contribution in [3.8, 4) is 5.69 Å². The van der Waals surface area contributed by atoms with Crippen molar-refractivity contribution in [3.05, 3.63) is 52.6 Å². The molecule has 1 aromatic heterocycles. The van der Waals surface area contributed by atoms with Gasteiger partial charge in [-0.25, -0.2) is 9.59 Å². The molecule has 8 N–H and O–H groups in total. The number of halogens is 1. The van der Waals surface area contributed by atoms with E-state index in [0.29, 0.717) is 44.5 Å². The number of nitrogens with zero attached hydrogens (tertiary/aromatic N) is 4. The van der Waals surface area contributed by atoms with Crippen molar-refractivity contribution < 1.29 is 9.59 Å². The zero-order valence-electron chi connectivity index (χ0n) is 22.5. The van der Waals surface area contributed by atoms with Gasteiger partial charge in [-0.05, 0) is 56.9 Å². The lowest BCUT2D eigenvalue weighted by atomic mass is 9.88. The summed E-state index contributed by atoms with van der Waals surface area (Å²) in [6.07, 6.45) is 4.28. The quantitative estimate of drug-likeness (QED) is 0.335. The van der Waals surface area contributed by atoms with Crippen LogP contribution in [-0.2, 0) is 11.3 Å². The summed E-state index contributed by atoms with van der Waals surface area (Å²) in [5, 5.41) is 6.20. The minimum Gasteiger partial charge on any atom is -0.338 e. The number of nitrogens with two attached hydrogens (primary N) is 3. The average molecular weight is 562 g/mol. The molecule has 0 spiro atoms. The van der Waals surface area contributed by atoms with Gasteiger partial charge >= 0.3 is 11.7 Å². The highest BCUT2D eigenvalue weighted by Gasteiger charge is 2.31. The molecule has 39 heavy (non-hydrogen) atoms. The SMILES string of the molecule is CC(C)(N)C(=O)N1CCN(C(=O)Nc2ccn(-c3ccc(CNC4CC(N)CC(N)C4)cc3)c(=O)n2)CC1.Cl. The van der Waals surface area contributed by atoms with Crippen LogP contribution in [0, 0.1) is 0 Å². The Bertz CT molecular complexity index is 1180. The Hall–Kier alpha value is -3.03. The van der Waals surface area contributed by atoms with Gasteiger partial charge in [0, 0.05) is 57.0 Å². The van der Waals surface area contributed by atoms with Crippen molar-refractivity contribution in [2.45, 2.75) is 63.3 Å². The number of aromatic nitrogens is 2. The standard InChI is InChI=1S/C26H39N9O3.ClH/c1-26(2,29)23(36)33-9-11-34(12-10-33)24(37)31-22-7-8-35(25(38)32-22)21-5-3-17(4-6-21)16-30-20-14-18(27)13-19(28)15-20;/h3-8,18-20,30H,9-16,27-29H2,1-2H3,(H,31,32,37,38);1H. The number of rotatable bonds is 6. The summed E-state index contributed by atoms with van der Waals surface area (Å²) >= 11 is 0. The third kappa shape index (κ3) is 7.99. The summed E-state index contributed by atoms with van der Waals surface area (Å²) in [5.41, 5.74) is 18.4. The van der Waals surface area contributed by atoms with Gasteiger partial charge in [-0.1, -0.05) is 12.1 Å². The van der Waals surface area contributed by atoms with Crippen LogP contribution in [0.5, 0.6) is 0 Å². The molecular weight excluding hydrogens is 522 g/mol. The summed E-state index contributed by atoms with van der Waals surface area (Å²) in [4.78, 5) is 45.0. The molecule has 214 valence electrons. The van der Waals surface area contributed by atoms with Gasteiger partial charge in [0.1, 0.15) is 5.82 Å².